The summed E-state index contributed by atoms with van der Waals surface area (Å²) in [4.78, 5) is 13.0. The third kappa shape index (κ3) is 2.19. The Balaban J connectivity index is 2.48. The molecule has 0 aromatic heterocycles. The first-order valence-electron chi connectivity index (χ1n) is 4.30. The van der Waals surface area contributed by atoms with Crippen LogP contribution in [-0.2, 0) is 9.53 Å². The number of ether oxygens (including phenoxy) is 1. The molecule has 4 heteroatoms. The maximum Gasteiger partial charge on any atom is 0.219 e. The lowest BCUT2D eigenvalue weighted by Gasteiger charge is -2.34. The van der Waals surface area contributed by atoms with E-state index in [2.05, 4.69) is 0 Å². The summed E-state index contributed by atoms with van der Waals surface area (Å²) in [7, 11) is 0. The number of morpholine rings is 1. The van der Waals surface area contributed by atoms with Crippen LogP contribution in [0.3, 0.4) is 0 Å². The van der Waals surface area contributed by atoms with Gasteiger partial charge in [0.15, 0.2) is 0 Å². The Hall–Kier alpha value is -0.610. The standard InChI is InChI=1S/C8H16N2O2/c1-7(11)10-4-5-12-6-8(10)2-3-9/h8H,2-6,9H2,1H3. The molecule has 1 unspecified atom stereocenters. The van der Waals surface area contributed by atoms with Gasteiger partial charge in [-0.15, -0.1) is 0 Å². The van der Waals surface area contributed by atoms with Crippen molar-refractivity contribution in [3.63, 3.8) is 0 Å². The molecule has 0 spiro atoms. The molecule has 1 atom stereocenters. The van der Waals surface area contributed by atoms with Gasteiger partial charge in [0.1, 0.15) is 0 Å². The summed E-state index contributed by atoms with van der Waals surface area (Å²) >= 11 is 0. The predicted molar refractivity (Wildman–Crippen MR) is 45.7 cm³/mol. The molecule has 1 aliphatic heterocycles. The first kappa shape index (κ1) is 9.48. The van der Waals surface area contributed by atoms with Crippen molar-refractivity contribution in [2.24, 2.45) is 5.73 Å². The van der Waals surface area contributed by atoms with Crippen molar-refractivity contribution in [3.05, 3.63) is 0 Å². The molecule has 1 saturated heterocycles. The lowest BCUT2D eigenvalue weighted by Crippen LogP contribution is -2.48. The number of rotatable bonds is 2. The summed E-state index contributed by atoms with van der Waals surface area (Å²) in [5, 5.41) is 0. The fourth-order valence-corrected chi connectivity index (χ4v) is 1.50. The van der Waals surface area contributed by atoms with E-state index < -0.39 is 0 Å². The Morgan fingerprint density at radius 3 is 3.08 bits per heavy atom. The van der Waals surface area contributed by atoms with Gasteiger partial charge >= 0.3 is 0 Å². The van der Waals surface area contributed by atoms with Crippen LogP contribution >= 0.6 is 0 Å². The average Bonchev–Trinajstić information content (AvgIpc) is 2.05. The maximum atomic E-state index is 11.1. The van der Waals surface area contributed by atoms with Gasteiger partial charge in [-0.1, -0.05) is 0 Å². The van der Waals surface area contributed by atoms with Gasteiger partial charge in [0, 0.05) is 13.5 Å². The van der Waals surface area contributed by atoms with E-state index in [0.29, 0.717) is 26.3 Å². The Kier molecular flexibility index (Phi) is 3.49. The van der Waals surface area contributed by atoms with Crippen molar-refractivity contribution in [2.75, 3.05) is 26.3 Å². The number of nitrogens with zero attached hydrogens (tertiary/aromatic N) is 1. The molecule has 1 fully saturated rings. The van der Waals surface area contributed by atoms with Gasteiger partial charge in [-0.05, 0) is 13.0 Å². The average molecular weight is 172 g/mol. The van der Waals surface area contributed by atoms with Gasteiger partial charge in [-0.25, -0.2) is 0 Å². The quantitative estimate of drug-likeness (QED) is 0.615. The Morgan fingerprint density at radius 2 is 2.50 bits per heavy atom. The van der Waals surface area contributed by atoms with Gasteiger partial charge in [-0.3, -0.25) is 4.79 Å². The van der Waals surface area contributed by atoms with Gasteiger partial charge in [-0.2, -0.15) is 0 Å². The number of carbonyl (C=O) groups is 1. The van der Waals surface area contributed by atoms with E-state index in [1.54, 1.807) is 6.92 Å². The van der Waals surface area contributed by atoms with Crippen LogP contribution in [-0.4, -0.2) is 43.2 Å². The van der Waals surface area contributed by atoms with Crippen molar-refractivity contribution in [1.82, 2.24) is 4.90 Å². The summed E-state index contributed by atoms with van der Waals surface area (Å²) < 4.78 is 5.27. The van der Waals surface area contributed by atoms with E-state index in [0.717, 1.165) is 6.42 Å². The molecule has 1 aliphatic rings. The van der Waals surface area contributed by atoms with Crippen molar-refractivity contribution in [1.29, 1.82) is 0 Å². The molecule has 12 heavy (non-hydrogen) atoms. The van der Waals surface area contributed by atoms with E-state index in [1.807, 2.05) is 4.90 Å². The highest BCUT2D eigenvalue weighted by Crippen LogP contribution is 2.09. The second-order valence-corrected chi connectivity index (χ2v) is 3.02. The van der Waals surface area contributed by atoms with Crippen LogP contribution in [0.15, 0.2) is 0 Å². The zero-order chi connectivity index (χ0) is 8.97. The first-order valence-corrected chi connectivity index (χ1v) is 4.30. The molecule has 1 amide bonds. The van der Waals surface area contributed by atoms with E-state index >= 15 is 0 Å². The Labute approximate surface area is 72.7 Å². The molecular formula is C8H16N2O2. The van der Waals surface area contributed by atoms with Gasteiger partial charge in [0.05, 0.1) is 19.3 Å². The highest BCUT2D eigenvalue weighted by Gasteiger charge is 2.23. The van der Waals surface area contributed by atoms with Crippen LogP contribution in [0.2, 0.25) is 0 Å². The van der Waals surface area contributed by atoms with Gasteiger partial charge in [0.2, 0.25) is 5.91 Å². The second kappa shape index (κ2) is 4.42. The van der Waals surface area contributed by atoms with E-state index in [4.69, 9.17) is 10.5 Å². The summed E-state index contributed by atoms with van der Waals surface area (Å²) in [6.45, 7) is 4.20. The first-order chi connectivity index (χ1) is 5.75. The Bertz CT molecular complexity index is 159. The third-order valence-corrected chi connectivity index (χ3v) is 2.13. The van der Waals surface area contributed by atoms with Crippen LogP contribution in [0.25, 0.3) is 0 Å². The van der Waals surface area contributed by atoms with Crippen LogP contribution in [0.5, 0.6) is 0 Å². The number of hydrogen-bond donors (Lipinski definition) is 1. The van der Waals surface area contributed by atoms with Gasteiger partial charge < -0.3 is 15.4 Å². The highest BCUT2D eigenvalue weighted by molar-refractivity contribution is 5.73. The molecule has 0 saturated carbocycles. The van der Waals surface area contributed by atoms with Crippen LogP contribution < -0.4 is 5.73 Å². The fourth-order valence-electron chi connectivity index (χ4n) is 1.50. The minimum atomic E-state index is 0.122. The summed E-state index contributed by atoms with van der Waals surface area (Å²) in [6, 6.07) is 0.196. The van der Waals surface area contributed by atoms with Gasteiger partial charge in [0.25, 0.3) is 0 Å². The normalized spacial score (nSPS) is 24.2. The third-order valence-electron chi connectivity index (χ3n) is 2.13. The van der Waals surface area contributed by atoms with Crippen molar-refractivity contribution in [2.45, 2.75) is 19.4 Å². The summed E-state index contributed by atoms with van der Waals surface area (Å²) in [5.41, 5.74) is 5.43. The molecule has 0 radical (unpaired) electrons. The van der Waals surface area contributed by atoms with Crippen molar-refractivity contribution >= 4 is 5.91 Å². The van der Waals surface area contributed by atoms with E-state index in [9.17, 15) is 4.79 Å². The van der Waals surface area contributed by atoms with E-state index in [1.165, 1.54) is 0 Å². The zero-order valence-electron chi connectivity index (χ0n) is 7.45. The fraction of sp³-hybridized carbons (Fsp3) is 0.875. The molecule has 70 valence electrons. The molecular weight excluding hydrogens is 156 g/mol. The number of carbonyl (C=O) groups excluding carboxylic acids is 1. The molecule has 0 aromatic rings. The number of nitrogens with two attached hydrogens (primary N) is 1. The summed E-state index contributed by atoms with van der Waals surface area (Å²) in [5.74, 6) is 0.122. The largest absolute Gasteiger partial charge is 0.377 e. The molecule has 0 bridgehead atoms. The monoisotopic (exact) mass is 172 g/mol. The SMILES string of the molecule is CC(=O)N1CCOCC1CCN. The van der Waals surface area contributed by atoms with Crippen LogP contribution in [0.1, 0.15) is 13.3 Å². The van der Waals surface area contributed by atoms with Crippen LogP contribution in [0.4, 0.5) is 0 Å². The maximum absolute atomic E-state index is 11.1. The van der Waals surface area contributed by atoms with E-state index in [-0.39, 0.29) is 11.9 Å². The topological polar surface area (TPSA) is 55.6 Å². The summed E-state index contributed by atoms with van der Waals surface area (Å²) in [6.07, 6.45) is 0.833. The Morgan fingerprint density at radius 1 is 1.75 bits per heavy atom. The second-order valence-electron chi connectivity index (χ2n) is 3.02. The number of amides is 1. The molecule has 2 N–H and O–H groups in total. The predicted octanol–water partition coefficient (Wildman–Crippen LogP) is -0.417. The molecule has 1 rings (SSSR count). The molecule has 0 aromatic carbocycles. The molecule has 4 nitrogen and oxygen atoms in total. The lowest BCUT2D eigenvalue weighted by molar-refractivity contribution is -0.137. The minimum Gasteiger partial charge on any atom is -0.377 e. The molecule has 0 aliphatic carbocycles. The van der Waals surface area contributed by atoms with Crippen molar-refractivity contribution < 1.29 is 9.53 Å². The minimum absolute atomic E-state index is 0.122. The van der Waals surface area contributed by atoms with Crippen LogP contribution in [0, 0.1) is 0 Å². The highest BCUT2D eigenvalue weighted by atomic mass is 16.5. The lowest BCUT2D eigenvalue weighted by atomic mass is 10.1. The molecule has 1 heterocycles. The smallest absolute Gasteiger partial charge is 0.219 e. The van der Waals surface area contributed by atoms with Crippen molar-refractivity contribution in [3.8, 4) is 0 Å². The zero-order valence-corrected chi connectivity index (χ0v) is 7.45. The number of hydrogen-bond acceptors (Lipinski definition) is 3.